The Morgan fingerprint density at radius 2 is 2.00 bits per heavy atom. The maximum absolute atomic E-state index is 10.9. The first-order valence-electron chi connectivity index (χ1n) is 4.88. The molecule has 0 spiro atoms. The maximum Gasteiger partial charge on any atom is 0.337 e. The summed E-state index contributed by atoms with van der Waals surface area (Å²) in [7, 11) is 0. The van der Waals surface area contributed by atoms with Crippen LogP contribution in [0.5, 0.6) is 0 Å². The second kappa shape index (κ2) is 5.03. The van der Waals surface area contributed by atoms with Gasteiger partial charge in [-0.15, -0.1) is 0 Å². The third kappa shape index (κ3) is 2.42. The standard InChI is InChI=1S/C11H14ClNO2/c1-3-13(4-2)9-7-5-6-8(10(9)12)11(14)15/h5-7H,3-4H2,1-2H3,(H,14,15). The van der Waals surface area contributed by atoms with E-state index in [0.717, 1.165) is 18.8 Å². The maximum atomic E-state index is 10.9. The molecule has 0 amide bonds. The van der Waals surface area contributed by atoms with Crippen molar-refractivity contribution in [2.45, 2.75) is 13.8 Å². The summed E-state index contributed by atoms with van der Waals surface area (Å²) in [5, 5.41) is 9.23. The van der Waals surface area contributed by atoms with Gasteiger partial charge in [0.2, 0.25) is 0 Å². The average molecular weight is 228 g/mol. The minimum atomic E-state index is -0.992. The summed E-state index contributed by atoms with van der Waals surface area (Å²) in [4.78, 5) is 12.9. The molecule has 1 aromatic carbocycles. The van der Waals surface area contributed by atoms with Gasteiger partial charge in [0, 0.05) is 13.1 Å². The minimum absolute atomic E-state index is 0.154. The van der Waals surface area contributed by atoms with Crippen molar-refractivity contribution in [3.8, 4) is 0 Å². The molecule has 15 heavy (non-hydrogen) atoms. The van der Waals surface area contributed by atoms with E-state index in [4.69, 9.17) is 16.7 Å². The van der Waals surface area contributed by atoms with Gasteiger partial charge in [-0.3, -0.25) is 0 Å². The first-order chi connectivity index (χ1) is 7.11. The summed E-state index contributed by atoms with van der Waals surface area (Å²) < 4.78 is 0. The number of carbonyl (C=O) groups is 1. The largest absolute Gasteiger partial charge is 0.478 e. The van der Waals surface area contributed by atoms with Crippen LogP contribution in [0.3, 0.4) is 0 Å². The summed E-state index contributed by atoms with van der Waals surface area (Å²) in [5.41, 5.74) is 0.933. The van der Waals surface area contributed by atoms with Gasteiger partial charge in [-0.25, -0.2) is 4.79 Å². The average Bonchev–Trinajstić information content (AvgIpc) is 2.21. The van der Waals surface area contributed by atoms with E-state index in [1.807, 2.05) is 24.8 Å². The first-order valence-corrected chi connectivity index (χ1v) is 5.26. The molecule has 0 aromatic heterocycles. The Morgan fingerprint density at radius 1 is 1.40 bits per heavy atom. The first kappa shape index (κ1) is 11.9. The van der Waals surface area contributed by atoms with Gasteiger partial charge in [-0.05, 0) is 26.0 Å². The highest BCUT2D eigenvalue weighted by molar-refractivity contribution is 6.36. The lowest BCUT2D eigenvalue weighted by Gasteiger charge is -2.22. The molecule has 0 fully saturated rings. The van der Waals surface area contributed by atoms with Crippen LogP contribution in [0.1, 0.15) is 24.2 Å². The van der Waals surface area contributed by atoms with Crippen LogP contribution >= 0.6 is 11.6 Å². The van der Waals surface area contributed by atoms with Crippen LogP contribution in [0.2, 0.25) is 5.02 Å². The van der Waals surface area contributed by atoms with Crippen molar-refractivity contribution in [1.29, 1.82) is 0 Å². The third-order valence-electron chi connectivity index (χ3n) is 2.31. The number of halogens is 1. The lowest BCUT2D eigenvalue weighted by molar-refractivity contribution is 0.0697. The molecule has 3 nitrogen and oxygen atoms in total. The summed E-state index contributed by atoms with van der Waals surface area (Å²) in [6, 6.07) is 5.06. The number of aromatic carboxylic acids is 1. The normalized spacial score (nSPS) is 10.1. The fourth-order valence-electron chi connectivity index (χ4n) is 1.49. The molecule has 0 radical (unpaired) electrons. The number of nitrogens with zero attached hydrogens (tertiary/aromatic N) is 1. The van der Waals surface area contributed by atoms with E-state index < -0.39 is 5.97 Å². The van der Waals surface area contributed by atoms with Crippen molar-refractivity contribution in [2.24, 2.45) is 0 Å². The predicted molar refractivity (Wildman–Crippen MR) is 62.0 cm³/mol. The van der Waals surface area contributed by atoms with Crippen LogP contribution in [0.15, 0.2) is 18.2 Å². The summed E-state index contributed by atoms with van der Waals surface area (Å²) in [5.74, 6) is -0.992. The molecular formula is C11H14ClNO2. The van der Waals surface area contributed by atoms with Gasteiger partial charge in [0.1, 0.15) is 0 Å². The highest BCUT2D eigenvalue weighted by Gasteiger charge is 2.14. The van der Waals surface area contributed by atoms with Crippen LogP contribution in [-0.4, -0.2) is 24.2 Å². The fraction of sp³-hybridized carbons (Fsp3) is 0.364. The highest BCUT2D eigenvalue weighted by atomic mass is 35.5. The van der Waals surface area contributed by atoms with Crippen LogP contribution in [-0.2, 0) is 0 Å². The minimum Gasteiger partial charge on any atom is -0.478 e. The van der Waals surface area contributed by atoms with E-state index in [1.165, 1.54) is 6.07 Å². The second-order valence-corrected chi connectivity index (χ2v) is 3.49. The van der Waals surface area contributed by atoms with Crippen LogP contribution in [0.4, 0.5) is 5.69 Å². The number of rotatable bonds is 4. The van der Waals surface area contributed by atoms with E-state index in [0.29, 0.717) is 5.02 Å². The Labute approximate surface area is 94.3 Å². The van der Waals surface area contributed by atoms with E-state index in [9.17, 15) is 4.79 Å². The Balaban J connectivity index is 3.19. The molecule has 1 aromatic rings. The monoisotopic (exact) mass is 227 g/mol. The summed E-state index contributed by atoms with van der Waals surface area (Å²) in [6.07, 6.45) is 0. The Bertz CT molecular complexity index is 362. The molecule has 0 atom stereocenters. The van der Waals surface area contributed by atoms with Gasteiger partial charge in [-0.2, -0.15) is 0 Å². The van der Waals surface area contributed by atoms with Crippen molar-refractivity contribution in [3.05, 3.63) is 28.8 Å². The van der Waals surface area contributed by atoms with Crippen LogP contribution < -0.4 is 4.90 Å². The second-order valence-electron chi connectivity index (χ2n) is 3.12. The zero-order chi connectivity index (χ0) is 11.4. The Hall–Kier alpha value is -1.22. The highest BCUT2D eigenvalue weighted by Crippen LogP contribution is 2.29. The number of hydrogen-bond acceptors (Lipinski definition) is 2. The Morgan fingerprint density at radius 3 is 2.47 bits per heavy atom. The smallest absolute Gasteiger partial charge is 0.337 e. The summed E-state index contributed by atoms with van der Waals surface area (Å²) in [6.45, 7) is 5.62. The van der Waals surface area contributed by atoms with Gasteiger partial charge >= 0.3 is 5.97 Å². The van der Waals surface area contributed by atoms with Gasteiger partial charge in [-0.1, -0.05) is 17.7 Å². The van der Waals surface area contributed by atoms with Gasteiger partial charge in [0.05, 0.1) is 16.3 Å². The lowest BCUT2D eigenvalue weighted by Crippen LogP contribution is -2.22. The fourth-order valence-corrected chi connectivity index (χ4v) is 1.82. The molecule has 0 heterocycles. The third-order valence-corrected chi connectivity index (χ3v) is 2.71. The van der Waals surface area contributed by atoms with Crippen LogP contribution in [0, 0.1) is 0 Å². The molecule has 0 saturated heterocycles. The molecule has 0 aliphatic carbocycles. The van der Waals surface area contributed by atoms with E-state index >= 15 is 0 Å². The molecule has 4 heteroatoms. The zero-order valence-corrected chi connectivity index (χ0v) is 9.58. The Kier molecular flexibility index (Phi) is 3.97. The van der Waals surface area contributed by atoms with Crippen LogP contribution in [0.25, 0.3) is 0 Å². The topological polar surface area (TPSA) is 40.5 Å². The van der Waals surface area contributed by atoms with Gasteiger partial charge in [0.15, 0.2) is 0 Å². The molecule has 0 unspecified atom stereocenters. The molecule has 1 N–H and O–H groups in total. The van der Waals surface area contributed by atoms with Crippen molar-refractivity contribution >= 4 is 23.3 Å². The van der Waals surface area contributed by atoms with Crippen molar-refractivity contribution in [3.63, 3.8) is 0 Å². The molecule has 0 aliphatic rings. The molecule has 82 valence electrons. The van der Waals surface area contributed by atoms with E-state index in [2.05, 4.69) is 0 Å². The number of benzene rings is 1. The SMILES string of the molecule is CCN(CC)c1cccc(C(=O)O)c1Cl. The van der Waals surface area contributed by atoms with Crippen molar-refractivity contribution in [2.75, 3.05) is 18.0 Å². The summed E-state index contributed by atoms with van der Waals surface area (Å²) >= 11 is 6.03. The molecular weight excluding hydrogens is 214 g/mol. The number of carboxylic acid groups (broad SMARTS) is 1. The quantitative estimate of drug-likeness (QED) is 0.860. The van der Waals surface area contributed by atoms with Gasteiger partial charge < -0.3 is 10.0 Å². The zero-order valence-electron chi connectivity index (χ0n) is 8.83. The predicted octanol–water partition coefficient (Wildman–Crippen LogP) is 2.88. The van der Waals surface area contributed by atoms with Crippen molar-refractivity contribution in [1.82, 2.24) is 0 Å². The van der Waals surface area contributed by atoms with E-state index in [-0.39, 0.29) is 5.56 Å². The number of hydrogen-bond donors (Lipinski definition) is 1. The molecule has 1 rings (SSSR count). The molecule has 0 aliphatic heterocycles. The van der Waals surface area contributed by atoms with E-state index in [1.54, 1.807) is 6.07 Å². The lowest BCUT2D eigenvalue weighted by atomic mass is 10.2. The molecule has 0 saturated carbocycles. The van der Waals surface area contributed by atoms with Gasteiger partial charge in [0.25, 0.3) is 0 Å². The molecule has 0 bridgehead atoms. The number of carboxylic acids is 1. The van der Waals surface area contributed by atoms with Crippen molar-refractivity contribution < 1.29 is 9.90 Å². The number of anilines is 1.